The molecule has 1 aliphatic rings. The van der Waals surface area contributed by atoms with E-state index in [0.717, 1.165) is 23.3 Å². The quantitative estimate of drug-likeness (QED) is 0.864. The molecule has 1 N–H and O–H groups in total. The van der Waals surface area contributed by atoms with E-state index in [0.29, 0.717) is 17.0 Å². The molecule has 0 unspecified atom stereocenters. The number of carbonyl (C=O) groups excluding carboxylic acids is 1. The first-order chi connectivity index (χ1) is 10.3. The highest BCUT2D eigenvalue weighted by atomic mass is 19.4. The van der Waals surface area contributed by atoms with Gasteiger partial charge in [0.15, 0.2) is 6.61 Å². The van der Waals surface area contributed by atoms with Crippen molar-refractivity contribution in [3.63, 3.8) is 0 Å². The summed E-state index contributed by atoms with van der Waals surface area (Å²) in [7, 11) is 0. The Morgan fingerprint density at radius 1 is 1.09 bits per heavy atom. The fourth-order valence-electron chi connectivity index (χ4n) is 2.40. The number of hydrogen-bond donors (Lipinski definition) is 1. The van der Waals surface area contributed by atoms with Gasteiger partial charge in [-0.1, -0.05) is 12.1 Å². The molecule has 0 atom stereocenters. The minimum absolute atomic E-state index is 0.0343. The fraction of sp³-hybridized carbons (Fsp3) is 0.188. The Morgan fingerprint density at radius 3 is 2.41 bits per heavy atom. The maximum atomic E-state index is 12.6. The Morgan fingerprint density at radius 2 is 1.77 bits per heavy atom. The lowest BCUT2D eigenvalue weighted by atomic mass is 10.00. The number of amides is 1. The fourth-order valence-corrected chi connectivity index (χ4v) is 2.40. The second-order valence-corrected chi connectivity index (χ2v) is 5.08. The summed E-state index contributed by atoms with van der Waals surface area (Å²) in [6, 6.07) is 8.42. The molecule has 2 aromatic rings. The molecule has 3 rings (SSSR count). The lowest BCUT2D eigenvalue weighted by molar-refractivity contribution is -0.137. The lowest BCUT2D eigenvalue weighted by Gasteiger charge is -2.21. The van der Waals surface area contributed by atoms with Gasteiger partial charge in [0, 0.05) is 0 Å². The van der Waals surface area contributed by atoms with Crippen molar-refractivity contribution in [1.82, 2.24) is 0 Å². The molecule has 2 aromatic carbocycles. The summed E-state index contributed by atoms with van der Waals surface area (Å²) < 4.78 is 43.1. The molecule has 6 heteroatoms. The monoisotopic (exact) mass is 307 g/mol. The van der Waals surface area contributed by atoms with Crippen molar-refractivity contribution in [3.05, 3.63) is 47.5 Å². The molecule has 0 radical (unpaired) electrons. The molecule has 22 heavy (non-hydrogen) atoms. The van der Waals surface area contributed by atoms with E-state index in [1.165, 1.54) is 12.1 Å². The average Bonchev–Trinajstić information content (AvgIpc) is 2.46. The number of aryl methyl sites for hydroxylation is 1. The van der Waals surface area contributed by atoms with Gasteiger partial charge in [-0.15, -0.1) is 0 Å². The summed E-state index contributed by atoms with van der Waals surface area (Å²) in [6.45, 7) is 1.79. The molecule has 0 saturated carbocycles. The van der Waals surface area contributed by atoms with Crippen LogP contribution < -0.4 is 10.1 Å². The first-order valence-corrected chi connectivity index (χ1v) is 6.59. The number of benzene rings is 2. The molecule has 0 bridgehead atoms. The summed E-state index contributed by atoms with van der Waals surface area (Å²) in [5, 5.41) is 2.70. The third kappa shape index (κ3) is 2.64. The van der Waals surface area contributed by atoms with E-state index < -0.39 is 11.7 Å². The molecule has 0 saturated heterocycles. The average molecular weight is 307 g/mol. The second-order valence-electron chi connectivity index (χ2n) is 5.08. The molecular formula is C16H12F3NO2. The van der Waals surface area contributed by atoms with Crippen LogP contribution in [0.4, 0.5) is 18.9 Å². The first kappa shape index (κ1) is 14.4. The number of fused-ring (bicyclic) bond motifs is 1. The van der Waals surface area contributed by atoms with Gasteiger partial charge < -0.3 is 10.1 Å². The third-order valence-electron chi connectivity index (χ3n) is 3.44. The molecule has 114 valence electrons. The van der Waals surface area contributed by atoms with Crippen LogP contribution in [0.3, 0.4) is 0 Å². The smallest absolute Gasteiger partial charge is 0.416 e. The largest absolute Gasteiger partial charge is 0.481 e. The Bertz CT molecular complexity index is 736. The molecule has 0 aliphatic carbocycles. The van der Waals surface area contributed by atoms with Crippen molar-refractivity contribution in [2.75, 3.05) is 11.9 Å². The van der Waals surface area contributed by atoms with Crippen molar-refractivity contribution in [2.24, 2.45) is 0 Å². The van der Waals surface area contributed by atoms with E-state index in [-0.39, 0.29) is 12.5 Å². The number of hydrogen-bond acceptors (Lipinski definition) is 2. The zero-order valence-electron chi connectivity index (χ0n) is 11.6. The van der Waals surface area contributed by atoms with E-state index in [4.69, 9.17) is 4.74 Å². The van der Waals surface area contributed by atoms with Crippen molar-refractivity contribution < 1.29 is 22.7 Å². The van der Waals surface area contributed by atoms with Crippen LogP contribution in [0.1, 0.15) is 11.1 Å². The number of halogens is 3. The lowest BCUT2D eigenvalue weighted by Crippen LogP contribution is -2.25. The van der Waals surface area contributed by atoms with E-state index in [9.17, 15) is 18.0 Å². The molecule has 0 fully saturated rings. The van der Waals surface area contributed by atoms with E-state index in [1.54, 1.807) is 6.07 Å². The highest BCUT2D eigenvalue weighted by Gasteiger charge is 2.30. The van der Waals surface area contributed by atoms with Crippen LogP contribution in [-0.4, -0.2) is 12.5 Å². The molecule has 0 spiro atoms. The Hall–Kier alpha value is -2.50. The van der Waals surface area contributed by atoms with Gasteiger partial charge in [-0.3, -0.25) is 4.79 Å². The maximum absolute atomic E-state index is 12.6. The van der Waals surface area contributed by atoms with Gasteiger partial charge in [0.2, 0.25) is 0 Å². The SMILES string of the molecule is Cc1cc(-c2ccc(C(F)(F)F)cc2)cc2c1OCC(=O)N2. The van der Waals surface area contributed by atoms with Crippen LogP contribution in [0.2, 0.25) is 0 Å². The Balaban J connectivity index is 2.00. The van der Waals surface area contributed by atoms with E-state index in [1.807, 2.05) is 13.0 Å². The van der Waals surface area contributed by atoms with Gasteiger partial charge >= 0.3 is 6.18 Å². The van der Waals surface area contributed by atoms with Crippen molar-refractivity contribution in [3.8, 4) is 16.9 Å². The molecule has 1 heterocycles. The van der Waals surface area contributed by atoms with Gasteiger partial charge in [-0.2, -0.15) is 13.2 Å². The Labute approximate surface area is 124 Å². The third-order valence-corrected chi connectivity index (χ3v) is 3.44. The summed E-state index contributed by atoms with van der Waals surface area (Å²) in [6.07, 6.45) is -4.36. The highest BCUT2D eigenvalue weighted by Crippen LogP contribution is 2.37. The van der Waals surface area contributed by atoms with Crippen molar-refractivity contribution in [2.45, 2.75) is 13.1 Å². The van der Waals surface area contributed by atoms with Crippen molar-refractivity contribution >= 4 is 11.6 Å². The Kier molecular flexibility index (Phi) is 3.31. The highest BCUT2D eigenvalue weighted by molar-refractivity contribution is 5.96. The summed E-state index contributed by atoms with van der Waals surface area (Å²) >= 11 is 0. The maximum Gasteiger partial charge on any atom is 0.416 e. The van der Waals surface area contributed by atoms with Gasteiger partial charge in [0.05, 0.1) is 11.3 Å². The molecule has 1 amide bonds. The van der Waals surface area contributed by atoms with E-state index in [2.05, 4.69) is 5.32 Å². The minimum atomic E-state index is -4.36. The van der Waals surface area contributed by atoms with Gasteiger partial charge in [0.25, 0.3) is 5.91 Å². The molecular weight excluding hydrogens is 295 g/mol. The van der Waals surface area contributed by atoms with Crippen LogP contribution in [0.5, 0.6) is 5.75 Å². The number of carbonyl (C=O) groups is 1. The molecule has 1 aliphatic heterocycles. The number of anilines is 1. The van der Waals surface area contributed by atoms with Crippen LogP contribution in [0.15, 0.2) is 36.4 Å². The van der Waals surface area contributed by atoms with Gasteiger partial charge in [0.1, 0.15) is 5.75 Å². The summed E-state index contributed by atoms with van der Waals surface area (Å²) in [5.74, 6) is 0.340. The van der Waals surface area contributed by atoms with Gasteiger partial charge in [-0.05, 0) is 47.9 Å². The predicted molar refractivity (Wildman–Crippen MR) is 75.7 cm³/mol. The summed E-state index contributed by atoms with van der Waals surface area (Å²) in [5.41, 5.74) is 2.01. The van der Waals surface area contributed by atoms with Crippen LogP contribution >= 0.6 is 0 Å². The van der Waals surface area contributed by atoms with Crippen LogP contribution in [0, 0.1) is 6.92 Å². The minimum Gasteiger partial charge on any atom is -0.481 e. The number of rotatable bonds is 1. The van der Waals surface area contributed by atoms with Crippen molar-refractivity contribution in [1.29, 1.82) is 0 Å². The molecule has 0 aromatic heterocycles. The zero-order chi connectivity index (χ0) is 15.9. The number of ether oxygens (including phenoxy) is 1. The standard InChI is InChI=1S/C16H12F3NO2/c1-9-6-11(7-13-15(9)22-8-14(21)20-13)10-2-4-12(5-3-10)16(17,18)19/h2-7H,8H2,1H3,(H,20,21). The predicted octanol–water partition coefficient (Wildman–Crippen LogP) is 4.01. The van der Waals surface area contributed by atoms with Crippen LogP contribution in [-0.2, 0) is 11.0 Å². The zero-order valence-corrected chi connectivity index (χ0v) is 11.6. The normalized spacial score (nSPS) is 14.1. The van der Waals surface area contributed by atoms with Crippen LogP contribution in [0.25, 0.3) is 11.1 Å². The first-order valence-electron chi connectivity index (χ1n) is 6.59. The topological polar surface area (TPSA) is 38.3 Å². The molecule has 3 nitrogen and oxygen atoms in total. The second kappa shape index (κ2) is 5.05. The van der Waals surface area contributed by atoms with E-state index >= 15 is 0 Å². The van der Waals surface area contributed by atoms with Gasteiger partial charge in [-0.25, -0.2) is 0 Å². The number of nitrogens with one attached hydrogen (secondary N) is 1. The number of alkyl halides is 3. The summed E-state index contributed by atoms with van der Waals surface area (Å²) in [4.78, 5) is 11.4.